The molecule has 0 aromatic carbocycles. The fraction of sp³-hybridized carbons (Fsp3) is 0.583. The van der Waals surface area contributed by atoms with E-state index in [1.807, 2.05) is 0 Å². The Kier molecular flexibility index (Phi) is 3.49. The molecule has 0 saturated heterocycles. The van der Waals surface area contributed by atoms with Crippen LogP contribution in [0.15, 0.2) is 0 Å². The molecule has 1 aromatic rings. The Morgan fingerprint density at radius 3 is 2.53 bits per heavy atom. The van der Waals surface area contributed by atoms with Gasteiger partial charge in [0.1, 0.15) is 5.60 Å². The van der Waals surface area contributed by atoms with Crippen LogP contribution in [0.4, 0.5) is 9.93 Å². The number of amides is 1. The highest BCUT2D eigenvalue weighted by Gasteiger charge is 2.32. The molecule has 0 bridgehead atoms. The molecule has 1 fully saturated rings. The number of aromatic nitrogens is 1. The van der Waals surface area contributed by atoms with E-state index in [1.54, 1.807) is 20.8 Å². The largest absolute Gasteiger partial charge is 0.476 e. The predicted molar refractivity (Wildman–Crippen MR) is 70.9 cm³/mol. The van der Waals surface area contributed by atoms with Crippen molar-refractivity contribution in [2.45, 2.75) is 45.1 Å². The zero-order valence-electron chi connectivity index (χ0n) is 11.0. The average molecular weight is 284 g/mol. The number of ether oxygens (including phenoxy) is 1. The Hall–Kier alpha value is -1.63. The Morgan fingerprint density at radius 1 is 1.42 bits per heavy atom. The molecule has 1 saturated carbocycles. The fourth-order valence-electron chi connectivity index (χ4n) is 1.55. The van der Waals surface area contributed by atoms with Crippen LogP contribution in [0, 0.1) is 0 Å². The van der Waals surface area contributed by atoms with Crippen molar-refractivity contribution in [2.24, 2.45) is 0 Å². The summed E-state index contributed by atoms with van der Waals surface area (Å²) in [4.78, 5) is 27.4. The van der Waals surface area contributed by atoms with E-state index in [-0.39, 0.29) is 16.7 Å². The summed E-state index contributed by atoms with van der Waals surface area (Å²) in [7, 11) is 0. The van der Waals surface area contributed by atoms with E-state index in [1.165, 1.54) is 11.3 Å². The van der Waals surface area contributed by atoms with Crippen LogP contribution < -0.4 is 5.32 Å². The van der Waals surface area contributed by atoms with Crippen LogP contribution in [0.1, 0.15) is 54.9 Å². The first-order valence-electron chi connectivity index (χ1n) is 6.00. The van der Waals surface area contributed by atoms with Gasteiger partial charge in [-0.15, -0.1) is 11.3 Å². The molecule has 0 spiro atoms. The van der Waals surface area contributed by atoms with Crippen molar-refractivity contribution >= 4 is 28.5 Å². The number of nitrogens with zero attached hydrogens (tertiary/aromatic N) is 1. The smallest absolute Gasteiger partial charge is 0.413 e. The molecule has 19 heavy (non-hydrogen) atoms. The van der Waals surface area contributed by atoms with Gasteiger partial charge in [-0.3, -0.25) is 5.32 Å². The van der Waals surface area contributed by atoms with Gasteiger partial charge >= 0.3 is 12.1 Å². The van der Waals surface area contributed by atoms with Crippen LogP contribution in [0.3, 0.4) is 0 Å². The number of rotatable bonds is 3. The van der Waals surface area contributed by atoms with E-state index in [9.17, 15) is 9.59 Å². The minimum absolute atomic E-state index is 0.0403. The number of carbonyl (C=O) groups is 2. The number of carboxylic acid groups (broad SMARTS) is 1. The van der Waals surface area contributed by atoms with Gasteiger partial charge in [0, 0.05) is 4.88 Å². The summed E-state index contributed by atoms with van der Waals surface area (Å²) in [6.07, 6.45) is 1.34. The first-order chi connectivity index (χ1) is 8.76. The summed E-state index contributed by atoms with van der Waals surface area (Å²) in [6, 6.07) is 0. The lowest BCUT2D eigenvalue weighted by Gasteiger charge is -2.18. The maximum absolute atomic E-state index is 11.6. The van der Waals surface area contributed by atoms with Crippen molar-refractivity contribution in [3.05, 3.63) is 10.6 Å². The van der Waals surface area contributed by atoms with Crippen molar-refractivity contribution in [2.75, 3.05) is 5.32 Å². The van der Waals surface area contributed by atoms with E-state index in [4.69, 9.17) is 9.84 Å². The first kappa shape index (κ1) is 13.8. The number of carboxylic acids is 1. The third kappa shape index (κ3) is 3.66. The van der Waals surface area contributed by atoms with Crippen molar-refractivity contribution in [1.29, 1.82) is 0 Å². The summed E-state index contributed by atoms with van der Waals surface area (Å²) in [6.45, 7) is 5.27. The lowest BCUT2D eigenvalue weighted by atomic mass is 10.2. The van der Waals surface area contributed by atoms with E-state index < -0.39 is 17.7 Å². The molecule has 104 valence electrons. The van der Waals surface area contributed by atoms with Crippen LogP contribution in [0.25, 0.3) is 0 Å². The normalized spacial score (nSPS) is 15.1. The zero-order valence-corrected chi connectivity index (χ0v) is 11.8. The second kappa shape index (κ2) is 4.80. The van der Waals surface area contributed by atoms with Crippen molar-refractivity contribution in [3.8, 4) is 0 Å². The first-order valence-corrected chi connectivity index (χ1v) is 6.82. The van der Waals surface area contributed by atoms with Crippen molar-refractivity contribution in [3.63, 3.8) is 0 Å². The Balaban J connectivity index is 2.11. The van der Waals surface area contributed by atoms with Crippen molar-refractivity contribution in [1.82, 2.24) is 4.98 Å². The minimum Gasteiger partial charge on any atom is -0.476 e. The lowest BCUT2D eigenvalue weighted by Crippen LogP contribution is -2.27. The monoisotopic (exact) mass is 284 g/mol. The van der Waals surface area contributed by atoms with Gasteiger partial charge in [0.2, 0.25) is 0 Å². The Bertz CT molecular complexity index is 514. The van der Waals surface area contributed by atoms with Gasteiger partial charge < -0.3 is 9.84 Å². The third-order valence-electron chi connectivity index (χ3n) is 2.41. The summed E-state index contributed by atoms with van der Waals surface area (Å²) in [5.41, 5.74) is -0.561. The number of hydrogen-bond acceptors (Lipinski definition) is 5. The molecule has 1 heterocycles. The minimum atomic E-state index is -1.06. The third-order valence-corrected chi connectivity index (χ3v) is 3.55. The van der Waals surface area contributed by atoms with Gasteiger partial charge in [0.15, 0.2) is 10.8 Å². The molecular formula is C12H16N2O4S. The van der Waals surface area contributed by atoms with Crippen molar-refractivity contribution < 1.29 is 19.4 Å². The number of hydrogen-bond donors (Lipinski definition) is 2. The Morgan fingerprint density at radius 2 is 2.05 bits per heavy atom. The summed E-state index contributed by atoms with van der Waals surface area (Å²) in [5, 5.41) is 11.8. The molecule has 2 rings (SSSR count). The van der Waals surface area contributed by atoms with E-state index >= 15 is 0 Å². The molecule has 1 aliphatic rings. The molecule has 1 aliphatic carbocycles. The Labute approximate surface area is 114 Å². The second-order valence-electron chi connectivity index (χ2n) is 5.44. The SMILES string of the molecule is CC(C)(C)OC(=O)Nc1nc(C(=O)O)c(C2CC2)s1. The molecule has 0 atom stereocenters. The molecule has 0 unspecified atom stereocenters. The van der Waals surface area contributed by atoms with Crippen LogP contribution in [0.5, 0.6) is 0 Å². The average Bonchev–Trinajstić information content (AvgIpc) is 2.97. The van der Waals surface area contributed by atoms with Gasteiger partial charge in [-0.25, -0.2) is 14.6 Å². The summed E-state index contributed by atoms with van der Waals surface area (Å²) >= 11 is 1.21. The predicted octanol–water partition coefficient (Wildman–Crippen LogP) is 3.07. The fourth-order valence-corrected chi connectivity index (χ4v) is 2.66. The quantitative estimate of drug-likeness (QED) is 0.890. The van der Waals surface area contributed by atoms with E-state index in [2.05, 4.69) is 10.3 Å². The maximum atomic E-state index is 11.6. The highest BCUT2D eigenvalue weighted by molar-refractivity contribution is 7.16. The molecule has 7 heteroatoms. The topological polar surface area (TPSA) is 88.5 Å². The van der Waals surface area contributed by atoms with Gasteiger partial charge in [0.25, 0.3) is 0 Å². The van der Waals surface area contributed by atoms with Gasteiger partial charge in [0.05, 0.1) is 0 Å². The highest BCUT2D eigenvalue weighted by atomic mass is 32.1. The summed E-state index contributed by atoms with van der Waals surface area (Å²) in [5.74, 6) is -0.784. The highest BCUT2D eigenvalue weighted by Crippen LogP contribution is 2.45. The molecule has 1 aromatic heterocycles. The maximum Gasteiger partial charge on any atom is 0.413 e. The number of carbonyl (C=O) groups excluding carboxylic acids is 1. The van der Waals surface area contributed by atoms with Crippen LogP contribution in [-0.4, -0.2) is 27.8 Å². The van der Waals surface area contributed by atoms with E-state index in [0.717, 1.165) is 17.7 Å². The number of nitrogens with one attached hydrogen (secondary N) is 1. The van der Waals surface area contributed by atoms with Crippen LogP contribution in [-0.2, 0) is 4.74 Å². The number of aromatic carboxylic acids is 1. The van der Waals surface area contributed by atoms with Crippen LogP contribution >= 0.6 is 11.3 Å². The number of thiazole rings is 1. The molecule has 0 radical (unpaired) electrons. The lowest BCUT2D eigenvalue weighted by molar-refractivity contribution is 0.0632. The molecule has 0 aliphatic heterocycles. The summed E-state index contributed by atoms with van der Waals surface area (Å²) < 4.78 is 5.10. The second-order valence-corrected chi connectivity index (χ2v) is 6.47. The van der Waals surface area contributed by atoms with Gasteiger partial charge in [-0.1, -0.05) is 0 Å². The number of anilines is 1. The van der Waals surface area contributed by atoms with Crippen LogP contribution in [0.2, 0.25) is 0 Å². The molecule has 2 N–H and O–H groups in total. The van der Waals surface area contributed by atoms with Gasteiger partial charge in [-0.2, -0.15) is 0 Å². The van der Waals surface area contributed by atoms with E-state index in [0.29, 0.717) is 0 Å². The van der Waals surface area contributed by atoms with Gasteiger partial charge in [-0.05, 0) is 39.5 Å². The molecule has 6 nitrogen and oxygen atoms in total. The molecular weight excluding hydrogens is 268 g/mol. The molecule has 1 amide bonds. The zero-order chi connectivity index (χ0) is 14.2. The standard InChI is InChI=1S/C12H16N2O4S/c1-12(2,3)18-11(17)14-10-13-7(9(15)16)8(19-10)6-4-5-6/h6H,4-5H2,1-3H3,(H,15,16)(H,13,14,17).